The Labute approximate surface area is 165 Å². The van der Waals surface area contributed by atoms with Gasteiger partial charge in [-0.2, -0.15) is 0 Å². The lowest BCUT2D eigenvalue weighted by molar-refractivity contribution is -0.133. The molecule has 1 aromatic heterocycles. The van der Waals surface area contributed by atoms with Crippen LogP contribution >= 0.6 is 0 Å². The number of para-hydroxylation sites is 2. The van der Waals surface area contributed by atoms with Crippen molar-refractivity contribution in [1.82, 2.24) is 18.9 Å². The first kappa shape index (κ1) is 20.6. The van der Waals surface area contributed by atoms with E-state index in [1.165, 1.54) is 6.26 Å². The number of amides is 1. The largest absolute Gasteiger partial charge is 0.340 e. The first-order valence-corrected chi connectivity index (χ1v) is 11.7. The number of aryl methyl sites for hydroxylation is 2. The van der Waals surface area contributed by atoms with Crippen LogP contribution in [-0.4, -0.2) is 78.0 Å². The van der Waals surface area contributed by atoms with E-state index in [0.717, 1.165) is 11.0 Å². The van der Waals surface area contributed by atoms with E-state index in [1.807, 2.05) is 31.2 Å². The van der Waals surface area contributed by atoms with Crippen molar-refractivity contribution in [2.24, 2.45) is 0 Å². The van der Waals surface area contributed by atoms with Crippen molar-refractivity contribution in [2.75, 3.05) is 44.7 Å². The highest BCUT2D eigenvalue weighted by Crippen LogP contribution is 2.13. The molecule has 0 spiro atoms. The summed E-state index contributed by atoms with van der Waals surface area (Å²) in [5.41, 5.74) is 1.66. The van der Waals surface area contributed by atoms with Crippen LogP contribution in [0.2, 0.25) is 0 Å². The molecule has 1 aliphatic heterocycles. The molecule has 0 N–H and O–H groups in total. The Morgan fingerprint density at radius 2 is 1.61 bits per heavy atom. The SMILES string of the molecule is CCn1c(=O)n(CCC(=O)N2CCN(CCS(C)(=O)=O)CC2)c2ccccc21. The molecule has 1 amide bonds. The van der Waals surface area contributed by atoms with Crippen molar-refractivity contribution in [3.8, 4) is 0 Å². The summed E-state index contributed by atoms with van der Waals surface area (Å²) in [6, 6.07) is 7.64. The summed E-state index contributed by atoms with van der Waals surface area (Å²) in [4.78, 5) is 29.1. The van der Waals surface area contributed by atoms with Gasteiger partial charge in [-0.25, -0.2) is 13.2 Å². The second kappa shape index (κ2) is 8.48. The van der Waals surface area contributed by atoms with Gasteiger partial charge in [0.15, 0.2) is 0 Å². The number of piperazine rings is 1. The van der Waals surface area contributed by atoms with E-state index >= 15 is 0 Å². The van der Waals surface area contributed by atoms with Crippen LogP contribution < -0.4 is 5.69 Å². The van der Waals surface area contributed by atoms with E-state index in [-0.39, 0.29) is 23.8 Å². The van der Waals surface area contributed by atoms with E-state index in [9.17, 15) is 18.0 Å². The van der Waals surface area contributed by atoms with Crippen LogP contribution in [0.4, 0.5) is 0 Å². The number of hydrogen-bond acceptors (Lipinski definition) is 5. The fourth-order valence-electron chi connectivity index (χ4n) is 3.68. The Morgan fingerprint density at radius 1 is 1.00 bits per heavy atom. The standard InChI is InChI=1S/C19H28N4O4S/c1-3-22-16-6-4-5-7-17(16)23(19(22)25)9-8-18(24)21-12-10-20(11-13-21)14-15-28(2,26)27/h4-7H,3,8-15H2,1-2H3. The summed E-state index contributed by atoms with van der Waals surface area (Å²) in [7, 11) is -2.97. The number of aromatic nitrogens is 2. The quantitative estimate of drug-likeness (QED) is 0.662. The zero-order valence-corrected chi connectivity index (χ0v) is 17.3. The summed E-state index contributed by atoms with van der Waals surface area (Å²) in [6.07, 6.45) is 1.52. The smallest absolute Gasteiger partial charge is 0.329 e. The molecule has 0 radical (unpaired) electrons. The predicted molar refractivity (Wildman–Crippen MR) is 109 cm³/mol. The lowest BCUT2D eigenvalue weighted by Gasteiger charge is -2.34. The molecule has 28 heavy (non-hydrogen) atoms. The van der Waals surface area contributed by atoms with Crippen LogP contribution in [0, 0.1) is 0 Å². The van der Waals surface area contributed by atoms with Crippen LogP contribution in [0.1, 0.15) is 13.3 Å². The van der Waals surface area contributed by atoms with Gasteiger partial charge in [-0.05, 0) is 19.1 Å². The molecule has 0 atom stereocenters. The second-order valence-electron chi connectivity index (χ2n) is 7.27. The van der Waals surface area contributed by atoms with E-state index in [2.05, 4.69) is 4.90 Å². The number of hydrogen-bond donors (Lipinski definition) is 0. The van der Waals surface area contributed by atoms with Crippen molar-refractivity contribution in [3.05, 3.63) is 34.7 Å². The fourth-order valence-corrected chi connectivity index (χ4v) is 4.27. The lowest BCUT2D eigenvalue weighted by Crippen LogP contribution is -2.49. The fraction of sp³-hybridized carbons (Fsp3) is 0.579. The van der Waals surface area contributed by atoms with Crippen molar-refractivity contribution in [2.45, 2.75) is 26.4 Å². The monoisotopic (exact) mass is 408 g/mol. The van der Waals surface area contributed by atoms with Gasteiger partial charge in [0.2, 0.25) is 5.91 Å². The van der Waals surface area contributed by atoms with Gasteiger partial charge in [-0.15, -0.1) is 0 Å². The van der Waals surface area contributed by atoms with Crippen LogP contribution in [0.3, 0.4) is 0 Å². The third kappa shape index (κ3) is 4.64. The maximum absolute atomic E-state index is 12.6. The topological polar surface area (TPSA) is 84.6 Å². The summed E-state index contributed by atoms with van der Waals surface area (Å²) >= 11 is 0. The Balaban J connectivity index is 1.58. The number of benzene rings is 1. The highest BCUT2D eigenvalue weighted by Gasteiger charge is 2.22. The number of sulfone groups is 1. The number of imidazole rings is 1. The minimum absolute atomic E-state index is 0.0305. The summed E-state index contributed by atoms with van der Waals surface area (Å²) < 4.78 is 26.0. The Bertz CT molecular complexity index is 1000. The molecule has 0 saturated carbocycles. The number of nitrogens with zero attached hydrogens (tertiary/aromatic N) is 4. The molecular weight excluding hydrogens is 380 g/mol. The van der Waals surface area contributed by atoms with Crippen molar-refractivity contribution >= 4 is 26.8 Å². The Kier molecular flexibility index (Phi) is 6.24. The molecule has 1 fully saturated rings. The van der Waals surface area contributed by atoms with Crippen molar-refractivity contribution < 1.29 is 13.2 Å². The van der Waals surface area contributed by atoms with Crippen LogP contribution in [-0.2, 0) is 27.7 Å². The highest BCUT2D eigenvalue weighted by atomic mass is 32.2. The minimum atomic E-state index is -2.97. The molecule has 2 aromatic rings. The predicted octanol–water partition coefficient (Wildman–Crippen LogP) is 0.402. The van der Waals surface area contributed by atoms with Crippen LogP contribution in [0.25, 0.3) is 11.0 Å². The first-order chi connectivity index (χ1) is 13.3. The Hall–Kier alpha value is -2.13. The molecular formula is C19H28N4O4S. The molecule has 1 aliphatic rings. The van der Waals surface area contributed by atoms with E-state index < -0.39 is 9.84 Å². The van der Waals surface area contributed by atoms with Gasteiger partial charge < -0.3 is 4.90 Å². The number of carbonyl (C=O) groups is 1. The van der Waals surface area contributed by atoms with E-state index in [1.54, 1.807) is 14.0 Å². The molecule has 9 heteroatoms. The van der Waals surface area contributed by atoms with Crippen LogP contribution in [0.15, 0.2) is 29.1 Å². The maximum Gasteiger partial charge on any atom is 0.329 e. The molecule has 1 saturated heterocycles. The van der Waals surface area contributed by atoms with Gasteiger partial charge in [0.1, 0.15) is 9.84 Å². The normalized spacial score (nSPS) is 16.0. The molecule has 2 heterocycles. The Morgan fingerprint density at radius 3 is 2.18 bits per heavy atom. The summed E-state index contributed by atoms with van der Waals surface area (Å²) in [6.45, 7) is 5.93. The van der Waals surface area contributed by atoms with Gasteiger partial charge in [0.05, 0.1) is 16.8 Å². The van der Waals surface area contributed by atoms with Gasteiger partial charge in [0.25, 0.3) is 0 Å². The summed E-state index contributed by atoms with van der Waals surface area (Å²) in [5.74, 6) is 0.175. The zero-order valence-electron chi connectivity index (χ0n) is 16.5. The minimum Gasteiger partial charge on any atom is -0.340 e. The third-order valence-electron chi connectivity index (χ3n) is 5.29. The molecule has 3 rings (SSSR count). The zero-order chi connectivity index (χ0) is 20.3. The van der Waals surface area contributed by atoms with Gasteiger partial charge in [-0.3, -0.25) is 18.8 Å². The van der Waals surface area contributed by atoms with Gasteiger partial charge >= 0.3 is 5.69 Å². The molecule has 1 aromatic carbocycles. The van der Waals surface area contributed by atoms with Crippen molar-refractivity contribution in [3.63, 3.8) is 0 Å². The maximum atomic E-state index is 12.6. The van der Waals surface area contributed by atoms with Gasteiger partial charge in [0, 0.05) is 58.5 Å². The molecule has 154 valence electrons. The lowest BCUT2D eigenvalue weighted by atomic mass is 10.2. The van der Waals surface area contributed by atoms with E-state index in [4.69, 9.17) is 0 Å². The molecule has 8 nitrogen and oxygen atoms in total. The molecule has 0 aliphatic carbocycles. The third-order valence-corrected chi connectivity index (χ3v) is 6.22. The summed E-state index contributed by atoms with van der Waals surface area (Å²) in [5, 5.41) is 0. The molecule has 0 unspecified atom stereocenters. The molecule has 0 bridgehead atoms. The average Bonchev–Trinajstić information content (AvgIpc) is 2.95. The van der Waals surface area contributed by atoms with Crippen molar-refractivity contribution in [1.29, 1.82) is 0 Å². The number of carbonyl (C=O) groups excluding carboxylic acids is 1. The van der Waals surface area contributed by atoms with Crippen LogP contribution in [0.5, 0.6) is 0 Å². The number of fused-ring (bicyclic) bond motifs is 1. The first-order valence-electron chi connectivity index (χ1n) is 9.66. The van der Waals surface area contributed by atoms with Gasteiger partial charge in [-0.1, -0.05) is 12.1 Å². The highest BCUT2D eigenvalue weighted by molar-refractivity contribution is 7.90. The second-order valence-corrected chi connectivity index (χ2v) is 9.53. The average molecular weight is 409 g/mol. The number of rotatable bonds is 7. The van der Waals surface area contributed by atoms with E-state index in [0.29, 0.717) is 45.8 Å².